The number of sulfonamides is 1. The third kappa shape index (κ3) is 5.30. The van der Waals surface area contributed by atoms with Crippen molar-refractivity contribution in [3.63, 3.8) is 0 Å². The summed E-state index contributed by atoms with van der Waals surface area (Å²) < 4.78 is 27.2. The topological polar surface area (TPSA) is 69.7 Å². The zero-order valence-electron chi connectivity index (χ0n) is 15.4. The first kappa shape index (κ1) is 19.4. The van der Waals surface area contributed by atoms with Crippen LogP contribution in [0.3, 0.4) is 0 Å². The standard InChI is InChI=1S/C20H25N3O3S/c1-17(21-27(25,26)16-18-8-4-2-5-9-18)20(24)23-14-12-22(13-15-23)19-10-6-3-7-11-19/h2-11,17,21H,12-16H2,1H3/t17-/m1/s1. The van der Waals surface area contributed by atoms with Gasteiger partial charge in [0, 0.05) is 31.9 Å². The second-order valence-electron chi connectivity index (χ2n) is 6.73. The molecule has 1 aliphatic heterocycles. The van der Waals surface area contributed by atoms with Crippen LogP contribution in [-0.2, 0) is 20.6 Å². The lowest BCUT2D eigenvalue weighted by molar-refractivity contribution is -0.132. The summed E-state index contributed by atoms with van der Waals surface area (Å²) in [5.41, 5.74) is 1.84. The number of piperazine rings is 1. The molecule has 7 heteroatoms. The van der Waals surface area contributed by atoms with Crippen LogP contribution < -0.4 is 9.62 Å². The SMILES string of the molecule is C[C@@H](NS(=O)(=O)Cc1ccccc1)C(=O)N1CCN(c2ccccc2)CC1. The van der Waals surface area contributed by atoms with E-state index in [1.54, 1.807) is 36.1 Å². The maximum Gasteiger partial charge on any atom is 0.240 e. The van der Waals surface area contributed by atoms with Gasteiger partial charge in [0.1, 0.15) is 0 Å². The molecule has 2 aromatic rings. The van der Waals surface area contributed by atoms with Crippen LogP contribution >= 0.6 is 0 Å². The van der Waals surface area contributed by atoms with Crippen molar-refractivity contribution in [3.05, 3.63) is 66.2 Å². The highest BCUT2D eigenvalue weighted by Crippen LogP contribution is 2.16. The largest absolute Gasteiger partial charge is 0.368 e. The Labute approximate surface area is 160 Å². The number of para-hydroxylation sites is 1. The number of benzene rings is 2. The van der Waals surface area contributed by atoms with Gasteiger partial charge >= 0.3 is 0 Å². The average molecular weight is 388 g/mol. The average Bonchev–Trinajstić information content (AvgIpc) is 2.68. The molecule has 1 heterocycles. The Bertz CT molecular complexity index is 849. The molecule has 2 aromatic carbocycles. The third-order valence-corrected chi connectivity index (χ3v) is 6.07. The Morgan fingerprint density at radius 1 is 0.963 bits per heavy atom. The van der Waals surface area contributed by atoms with Crippen LogP contribution in [-0.4, -0.2) is 51.4 Å². The molecule has 0 unspecified atom stereocenters. The highest BCUT2D eigenvalue weighted by atomic mass is 32.2. The van der Waals surface area contributed by atoms with E-state index in [9.17, 15) is 13.2 Å². The predicted molar refractivity (Wildman–Crippen MR) is 107 cm³/mol. The second kappa shape index (κ2) is 8.54. The molecule has 27 heavy (non-hydrogen) atoms. The highest BCUT2D eigenvalue weighted by Gasteiger charge is 2.27. The Morgan fingerprint density at radius 2 is 1.52 bits per heavy atom. The van der Waals surface area contributed by atoms with Gasteiger partial charge in [-0.3, -0.25) is 4.79 Å². The Morgan fingerprint density at radius 3 is 2.11 bits per heavy atom. The fraction of sp³-hybridized carbons (Fsp3) is 0.350. The summed E-state index contributed by atoms with van der Waals surface area (Å²) in [7, 11) is -3.58. The van der Waals surface area contributed by atoms with E-state index in [-0.39, 0.29) is 11.7 Å². The predicted octanol–water partition coefficient (Wildman–Crippen LogP) is 1.84. The number of nitrogens with zero attached hydrogens (tertiary/aromatic N) is 2. The van der Waals surface area contributed by atoms with Gasteiger partial charge in [0.2, 0.25) is 15.9 Å². The van der Waals surface area contributed by atoms with E-state index < -0.39 is 16.1 Å². The van der Waals surface area contributed by atoms with Gasteiger partial charge in [-0.2, -0.15) is 0 Å². The van der Waals surface area contributed by atoms with Crippen molar-refractivity contribution in [1.82, 2.24) is 9.62 Å². The minimum atomic E-state index is -3.58. The molecular weight excluding hydrogens is 362 g/mol. The molecule has 0 bridgehead atoms. The van der Waals surface area contributed by atoms with Crippen molar-refractivity contribution in [2.45, 2.75) is 18.7 Å². The highest BCUT2D eigenvalue weighted by molar-refractivity contribution is 7.88. The first-order chi connectivity index (χ1) is 12.9. The number of hydrogen-bond donors (Lipinski definition) is 1. The van der Waals surface area contributed by atoms with Gasteiger partial charge in [0.25, 0.3) is 0 Å². The van der Waals surface area contributed by atoms with Crippen LogP contribution in [0.1, 0.15) is 12.5 Å². The molecule has 0 spiro atoms. The molecule has 1 atom stereocenters. The first-order valence-corrected chi connectivity index (χ1v) is 10.7. The number of carbonyl (C=O) groups excluding carboxylic acids is 1. The summed E-state index contributed by atoms with van der Waals surface area (Å²) >= 11 is 0. The minimum Gasteiger partial charge on any atom is -0.368 e. The van der Waals surface area contributed by atoms with E-state index in [4.69, 9.17) is 0 Å². The number of rotatable bonds is 6. The molecule has 1 aliphatic rings. The molecule has 1 saturated heterocycles. The van der Waals surface area contributed by atoms with Crippen LogP contribution in [0.2, 0.25) is 0 Å². The monoisotopic (exact) mass is 387 g/mol. The molecule has 6 nitrogen and oxygen atoms in total. The van der Waals surface area contributed by atoms with Gasteiger partial charge in [-0.05, 0) is 24.6 Å². The van der Waals surface area contributed by atoms with Crippen molar-refractivity contribution in [3.8, 4) is 0 Å². The molecule has 0 saturated carbocycles. The number of amides is 1. The fourth-order valence-corrected chi connectivity index (χ4v) is 4.61. The summed E-state index contributed by atoms with van der Waals surface area (Å²) in [6, 6.07) is 18.3. The first-order valence-electron chi connectivity index (χ1n) is 9.07. The fourth-order valence-electron chi connectivity index (χ4n) is 3.25. The van der Waals surface area contributed by atoms with Crippen molar-refractivity contribution in [1.29, 1.82) is 0 Å². The molecule has 0 aliphatic carbocycles. The molecular formula is C20H25N3O3S. The van der Waals surface area contributed by atoms with Crippen LogP contribution in [0.5, 0.6) is 0 Å². The van der Waals surface area contributed by atoms with Crippen molar-refractivity contribution in [2.24, 2.45) is 0 Å². The van der Waals surface area contributed by atoms with Gasteiger partial charge in [-0.1, -0.05) is 48.5 Å². The van der Waals surface area contributed by atoms with Crippen molar-refractivity contribution < 1.29 is 13.2 Å². The zero-order chi connectivity index (χ0) is 19.3. The lowest BCUT2D eigenvalue weighted by Gasteiger charge is -2.37. The Hall–Kier alpha value is -2.38. The molecule has 1 amide bonds. The quantitative estimate of drug-likeness (QED) is 0.821. The number of nitrogens with one attached hydrogen (secondary N) is 1. The number of carbonyl (C=O) groups is 1. The maximum absolute atomic E-state index is 12.7. The smallest absolute Gasteiger partial charge is 0.240 e. The van der Waals surface area contributed by atoms with Crippen LogP contribution in [0.25, 0.3) is 0 Å². The maximum atomic E-state index is 12.7. The van der Waals surface area contributed by atoms with E-state index in [2.05, 4.69) is 21.8 Å². The van der Waals surface area contributed by atoms with Crippen LogP contribution in [0, 0.1) is 0 Å². The second-order valence-corrected chi connectivity index (χ2v) is 8.49. The number of anilines is 1. The van der Waals surface area contributed by atoms with Crippen LogP contribution in [0.15, 0.2) is 60.7 Å². The van der Waals surface area contributed by atoms with Gasteiger partial charge in [-0.25, -0.2) is 13.1 Å². The molecule has 1 fully saturated rings. The molecule has 144 valence electrons. The summed E-state index contributed by atoms with van der Waals surface area (Å²) in [6.45, 7) is 4.24. The van der Waals surface area contributed by atoms with Crippen molar-refractivity contribution >= 4 is 21.6 Å². The minimum absolute atomic E-state index is 0.132. The van der Waals surface area contributed by atoms with Crippen molar-refractivity contribution in [2.75, 3.05) is 31.1 Å². The molecule has 0 aromatic heterocycles. The summed E-state index contributed by atoms with van der Waals surface area (Å²) in [4.78, 5) is 16.6. The van der Waals surface area contributed by atoms with Gasteiger partial charge in [0.05, 0.1) is 11.8 Å². The zero-order valence-corrected chi connectivity index (χ0v) is 16.2. The number of hydrogen-bond acceptors (Lipinski definition) is 4. The lowest BCUT2D eigenvalue weighted by atomic mass is 10.2. The molecule has 1 N–H and O–H groups in total. The lowest BCUT2D eigenvalue weighted by Crippen LogP contribution is -2.54. The normalized spacial score (nSPS) is 16.2. The molecule has 0 radical (unpaired) electrons. The summed E-state index contributed by atoms with van der Waals surface area (Å²) in [5, 5.41) is 0. The van der Waals surface area contributed by atoms with E-state index in [0.29, 0.717) is 18.7 Å². The van der Waals surface area contributed by atoms with E-state index in [1.807, 2.05) is 24.3 Å². The van der Waals surface area contributed by atoms with Gasteiger partial charge in [-0.15, -0.1) is 0 Å². The van der Waals surface area contributed by atoms with Gasteiger partial charge in [0.15, 0.2) is 0 Å². The third-order valence-electron chi connectivity index (χ3n) is 4.64. The van der Waals surface area contributed by atoms with Crippen LogP contribution in [0.4, 0.5) is 5.69 Å². The van der Waals surface area contributed by atoms with Gasteiger partial charge < -0.3 is 9.80 Å². The Balaban J connectivity index is 1.53. The van der Waals surface area contributed by atoms with E-state index in [0.717, 1.165) is 18.8 Å². The Kier molecular flexibility index (Phi) is 6.13. The van der Waals surface area contributed by atoms with E-state index in [1.165, 1.54) is 0 Å². The van der Waals surface area contributed by atoms with E-state index >= 15 is 0 Å². The summed E-state index contributed by atoms with van der Waals surface area (Å²) in [5.74, 6) is -0.313. The summed E-state index contributed by atoms with van der Waals surface area (Å²) in [6.07, 6.45) is 0. The molecule has 3 rings (SSSR count).